The summed E-state index contributed by atoms with van der Waals surface area (Å²) in [5.41, 5.74) is 0.782. The zero-order chi connectivity index (χ0) is 26.9. The molecule has 1 spiro atoms. The molecule has 10 heteroatoms. The first-order valence-corrected chi connectivity index (χ1v) is 14.8. The lowest BCUT2D eigenvalue weighted by atomic mass is 9.66. The van der Waals surface area contributed by atoms with Crippen molar-refractivity contribution in [2.75, 3.05) is 52.5 Å². The van der Waals surface area contributed by atoms with Crippen LogP contribution in [0.3, 0.4) is 0 Å². The normalized spacial score (nSPS) is 33.3. The summed E-state index contributed by atoms with van der Waals surface area (Å²) in [7, 11) is 0. The van der Waals surface area contributed by atoms with Gasteiger partial charge in [0.05, 0.1) is 42.4 Å². The molecule has 4 saturated heterocycles. The van der Waals surface area contributed by atoms with Gasteiger partial charge in [-0.25, -0.2) is 0 Å². The Morgan fingerprint density at radius 2 is 1.87 bits per heavy atom. The largest absolute Gasteiger partial charge is 0.394 e. The number of hydrogen-bond donors (Lipinski definition) is 3. The molecule has 1 aromatic rings. The lowest BCUT2D eigenvalue weighted by molar-refractivity contribution is -0.143. The van der Waals surface area contributed by atoms with Gasteiger partial charge in [-0.3, -0.25) is 19.3 Å². The summed E-state index contributed by atoms with van der Waals surface area (Å²) in [5.74, 6) is -1.47. The summed E-state index contributed by atoms with van der Waals surface area (Å²) in [6.07, 6.45) is 1.61. The van der Waals surface area contributed by atoms with E-state index in [4.69, 9.17) is 4.74 Å². The smallest absolute Gasteiger partial charge is 0.244 e. The predicted octanol–water partition coefficient (Wildman–Crippen LogP) is 1.03. The summed E-state index contributed by atoms with van der Waals surface area (Å²) in [4.78, 5) is 45.6. The highest BCUT2D eigenvalue weighted by atomic mass is 32.2. The van der Waals surface area contributed by atoms with Crippen LogP contribution < -0.4 is 10.6 Å². The number of morpholine rings is 1. The van der Waals surface area contributed by atoms with Gasteiger partial charge < -0.3 is 25.4 Å². The van der Waals surface area contributed by atoms with Gasteiger partial charge in [-0.2, -0.15) is 0 Å². The quantitative estimate of drug-likeness (QED) is 0.404. The molecule has 4 aliphatic rings. The minimum absolute atomic E-state index is 0.00547. The van der Waals surface area contributed by atoms with Gasteiger partial charge in [0.1, 0.15) is 6.04 Å². The number of carbonyl (C=O) groups is 3. The van der Waals surface area contributed by atoms with Crippen molar-refractivity contribution < 1.29 is 24.2 Å². The molecule has 0 aliphatic carbocycles. The second kappa shape index (κ2) is 11.5. The Balaban J connectivity index is 1.47. The van der Waals surface area contributed by atoms with Crippen LogP contribution in [0.2, 0.25) is 0 Å². The van der Waals surface area contributed by atoms with E-state index >= 15 is 0 Å². The topological polar surface area (TPSA) is 111 Å². The molecule has 0 aromatic heterocycles. The van der Waals surface area contributed by atoms with Gasteiger partial charge in [0.25, 0.3) is 0 Å². The van der Waals surface area contributed by atoms with Crippen LogP contribution in [0.25, 0.3) is 0 Å². The molecule has 4 aliphatic heterocycles. The van der Waals surface area contributed by atoms with Crippen molar-refractivity contribution in [3.05, 3.63) is 35.9 Å². The van der Waals surface area contributed by atoms with Crippen molar-refractivity contribution in [2.24, 2.45) is 17.8 Å². The molecule has 4 fully saturated rings. The second-order valence-corrected chi connectivity index (χ2v) is 12.5. The molecule has 9 nitrogen and oxygen atoms in total. The van der Waals surface area contributed by atoms with E-state index in [2.05, 4.69) is 22.5 Å². The average Bonchev–Trinajstić information content (AvgIpc) is 3.53. The van der Waals surface area contributed by atoms with Crippen LogP contribution in [-0.2, 0) is 19.1 Å². The number of nitrogens with zero attached hydrogens (tertiary/aromatic N) is 2. The molecule has 38 heavy (non-hydrogen) atoms. The summed E-state index contributed by atoms with van der Waals surface area (Å²) < 4.78 is 4.72. The van der Waals surface area contributed by atoms with E-state index in [0.717, 1.165) is 31.5 Å². The maximum Gasteiger partial charge on any atom is 0.244 e. The van der Waals surface area contributed by atoms with Gasteiger partial charge in [0.15, 0.2) is 0 Å². The Labute approximate surface area is 229 Å². The standard InChI is InChI=1S/C28H40N4O5S/c1-3-9-29-25(34)22-21-16-18(2)28(38-21)23(22)27(36)32(20(17-33)19-7-5-4-6-8-19)24(28)26(35)30-10-11-31-12-14-37-15-13-31/h4-8,18,20-24,33H,3,9-17H2,1-2H3,(H,29,34)(H,30,35)/t18?,20-,21-,22+,23+,24?,28?/m1/s1. The summed E-state index contributed by atoms with van der Waals surface area (Å²) >= 11 is 1.66. The molecular weight excluding hydrogens is 504 g/mol. The number of hydrogen-bond acceptors (Lipinski definition) is 7. The fourth-order valence-electron chi connectivity index (χ4n) is 7.05. The zero-order valence-electron chi connectivity index (χ0n) is 22.3. The molecule has 5 rings (SSSR count). The molecule has 1 aromatic carbocycles. The number of benzene rings is 1. The van der Waals surface area contributed by atoms with Crippen LogP contribution in [0.15, 0.2) is 30.3 Å². The maximum atomic E-state index is 14.3. The number of carbonyl (C=O) groups excluding carboxylic acids is 3. The zero-order valence-corrected chi connectivity index (χ0v) is 23.1. The monoisotopic (exact) mass is 544 g/mol. The predicted molar refractivity (Wildman–Crippen MR) is 145 cm³/mol. The van der Waals surface area contributed by atoms with Gasteiger partial charge in [-0.05, 0) is 24.3 Å². The number of aliphatic hydroxyl groups excluding tert-OH is 1. The van der Waals surface area contributed by atoms with Gasteiger partial charge in [-0.15, -0.1) is 11.8 Å². The number of likely N-dealkylation sites (tertiary alicyclic amines) is 1. The minimum Gasteiger partial charge on any atom is -0.394 e. The third kappa shape index (κ3) is 4.63. The van der Waals surface area contributed by atoms with Crippen LogP contribution in [0.1, 0.15) is 38.3 Å². The van der Waals surface area contributed by atoms with E-state index < -0.39 is 28.7 Å². The van der Waals surface area contributed by atoms with E-state index in [1.54, 1.807) is 16.7 Å². The number of amides is 3. The molecule has 0 radical (unpaired) electrons. The number of ether oxygens (including phenoxy) is 1. The van der Waals surface area contributed by atoms with Crippen LogP contribution in [0, 0.1) is 17.8 Å². The molecule has 3 unspecified atom stereocenters. The van der Waals surface area contributed by atoms with Crippen LogP contribution in [0.4, 0.5) is 0 Å². The van der Waals surface area contributed by atoms with Gasteiger partial charge >= 0.3 is 0 Å². The summed E-state index contributed by atoms with van der Waals surface area (Å²) in [6.45, 7) is 8.61. The van der Waals surface area contributed by atoms with Crippen LogP contribution >= 0.6 is 11.8 Å². The second-order valence-electron chi connectivity index (χ2n) is 10.9. The lowest BCUT2D eigenvalue weighted by Gasteiger charge is -2.40. The van der Waals surface area contributed by atoms with Crippen molar-refractivity contribution in [2.45, 2.75) is 48.8 Å². The first-order chi connectivity index (χ1) is 18.4. The third-order valence-electron chi connectivity index (χ3n) is 8.81. The molecule has 7 atom stereocenters. The highest BCUT2D eigenvalue weighted by molar-refractivity contribution is 8.02. The first kappa shape index (κ1) is 27.4. The van der Waals surface area contributed by atoms with E-state index in [9.17, 15) is 19.5 Å². The Bertz CT molecular complexity index is 1020. The molecule has 3 N–H and O–H groups in total. The van der Waals surface area contributed by atoms with Crippen molar-refractivity contribution in [1.82, 2.24) is 20.4 Å². The Morgan fingerprint density at radius 1 is 1.16 bits per heavy atom. The van der Waals surface area contributed by atoms with Crippen LogP contribution in [0.5, 0.6) is 0 Å². The Morgan fingerprint density at radius 3 is 2.55 bits per heavy atom. The fourth-order valence-corrected chi connectivity index (χ4v) is 9.46. The van der Waals surface area contributed by atoms with Gasteiger partial charge in [0, 0.05) is 38.0 Å². The van der Waals surface area contributed by atoms with Crippen molar-refractivity contribution in [3.63, 3.8) is 0 Å². The molecule has 208 valence electrons. The molecule has 2 bridgehead atoms. The molecule has 4 heterocycles. The first-order valence-electron chi connectivity index (χ1n) is 13.9. The maximum absolute atomic E-state index is 14.3. The SMILES string of the molecule is CCCNC(=O)[C@@H]1[C@H]2C(=O)N([C@H](CO)c3ccccc3)C(C(=O)NCCN3CCOCC3)C23S[C@@H]1CC3C. The van der Waals surface area contributed by atoms with E-state index in [1.165, 1.54) is 0 Å². The number of nitrogens with one attached hydrogen (secondary N) is 2. The fraction of sp³-hybridized carbons (Fsp3) is 0.679. The molecule has 3 amide bonds. The van der Waals surface area contributed by atoms with Crippen molar-refractivity contribution >= 4 is 29.5 Å². The number of fused-ring (bicyclic) bond motifs is 1. The minimum atomic E-state index is -0.768. The molecule has 0 saturated carbocycles. The number of aliphatic hydroxyl groups is 1. The van der Waals surface area contributed by atoms with Crippen molar-refractivity contribution in [3.8, 4) is 0 Å². The van der Waals surface area contributed by atoms with Gasteiger partial charge in [0.2, 0.25) is 17.7 Å². The Kier molecular flexibility index (Phi) is 8.33. The third-order valence-corrected chi connectivity index (χ3v) is 10.9. The Hall–Kier alpha value is -2.14. The number of rotatable bonds is 10. The van der Waals surface area contributed by atoms with Gasteiger partial charge in [-0.1, -0.05) is 44.2 Å². The average molecular weight is 545 g/mol. The highest BCUT2D eigenvalue weighted by Gasteiger charge is 2.76. The summed E-state index contributed by atoms with van der Waals surface area (Å²) in [5, 5.41) is 16.7. The van der Waals surface area contributed by atoms with E-state index in [0.29, 0.717) is 32.8 Å². The van der Waals surface area contributed by atoms with Crippen molar-refractivity contribution in [1.29, 1.82) is 0 Å². The van der Waals surface area contributed by atoms with E-state index in [1.807, 2.05) is 37.3 Å². The van der Waals surface area contributed by atoms with E-state index in [-0.39, 0.29) is 35.5 Å². The number of thioether (sulfide) groups is 1. The van der Waals surface area contributed by atoms with Crippen LogP contribution in [-0.4, -0.2) is 101 Å². The highest BCUT2D eigenvalue weighted by Crippen LogP contribution is 2.69. The molecular formula is C28H40N4O5S. The lowest BCUT2D eigenvalue weighted by Crippen LogP contribution is -2.57. The summed E-state index contributed by atoms with van der Waals surface area (Å²) in [6, 6.07) is 7.97.